The molecule has 0 radical (unpaired) electrons. The average Bonchev–Trinajstić information content (AvgIpc) is 3.10. The average molecular weight is 483 g/mol. The Labute approximate surface area is 193 Å². The predicted molar refractivity (Wildman–Crippen MR) is 130 cm³/mol. The Hall–Kier alpha value is -2.18. The van der Waals surface area contributed by atoms with E-state index in [4.69, 9.17) is 0 Å². The van der Waals surface area contributed by atoms with Gasteiger partial charge in [-0.2, -0.15) is 0 Å². The van der Waals surface area contributed by atoms with Crippen LogP contribution in [0.1, 0.15) is 58.9 Å². The summed E-state index contributed by atoms with van der Waals surface area (Å²) in [6.07, 6.45) is 4.13. The van der Waals surface area contributed by atoms with E-state index in [-0.39, 0.29) is 5.91 Å². The number of pyridine rings is 1. The summed E-state index contributed by atoms with van der Waals surface area (Å²) in [5, 5.41) is 1.17. The van der Waals surface area contributed by atoms with E-state index in [1.165, 1.54) is 22.2 Å². The Kier molecular flexibility index (Phi) is 6.22. The van der Waals surface area contributed by atoms with Crippen molar-refractivity contribution in [2.45, 2.75) is 38.6 Å². The van der Waals surface area contributed by atoms with E-state index in [1.807, 2.05) is 24.4 Å². The van der Waals surface area contributed by atoms with Gasteiger partial charge in [-0.25, -0.2) is 4.98 Å². The first kappa shape index (κ1) is 22.0. The van der Waals surface area contributed by atoms with Crippen LogP contribution in [0.2, 0.25) is 0 Å². The highest BCUT2D eigenvalue weighted by Crippen LogP contribution is 2.35. The van der Waals surface area contributed by atoms with Crippen LogP contribution in [0.25, 0.3) is 11.0 Å². The molecule has 6 heteroatoms. The molecule has 1 aromatic carbocycles. The highest BCUT2D eigenvalue weighted by atomic mass is 79.9. The number of benzene rings is 1. The summed E-state index contributed by atoms with van der Waals surface area (Å²) in [4.78, 5) is 21.0. The summed E-state index contributed by atoms with van der Waals surface area (Å²) in [6.45, 7) is 6.58. The van der Waals surface area contributed by atoms with Gasteiger partial charge in [-0.15, -0.1) is 0 Å². The van der Waals surface area contributed by atoms with Crippen LogP contribution in [0.3, 0.4) is 0 Å². The first-order chi connectivity index (χ1) is 14.8. The minimum atomic E-state index is 0.0642. The largest absolute Gasteiger partial charge is 0.345 e. The summed E-state index contributed by atoms with van der Waals surface area (Å²) >= 11 is 3.66. The molecule has 1 saturated heterocycles. The maximum Gasteiger partial charge on any atom is 0.253 e. The molecule has 4 rings (SSSR count). The number of carbonyl (C=O) groups is 1. The smallest absolute Gasteiger partial charge is 0.253 e. The van der Waals surface area contributed by atoms with Crippen LogP contribution in [-0.2, 0) is 7.05 Å². The van der Waals surface area contributed by atoms with Gasteiger partial charge in [0.15, 0.2) is 0 Å². The lowest BCUT2D eigenvalue weighted by atomic mass is 9.85. The molecular weight excluding hydrogens is 452 g/mol. The van der Waals surface area contributed by atoms with Crippen molar-refractivity contribution in [3.63, 3.8) is 0 Å². The van der Waals surface area contributed by atoms with Gasteiger partial charge in [0, 0.05) is 54.5 Å². The second-order valence-corrected chi connectivity index (χ2v) is 9.77. The molecule has 1 aliphatic heterocycles. The maximum atomic E-state index is 12.3. The molecule has 31 heavy (non-hydrogen) atoms. The standard InChI is InChI=1S/C25H31BrN4O/c1-16-14-19(25(31)28(3)4)6-7-20(16)18-9-12-30(13-10-18)17(2)23-15-21-22(26)8-11-27-24(21)29(23)5/h6-8,11,14-15,17-18H,9-10,12-13H2,1-5H3. The number of nitrogens with zero attached hydrogens (tertiary/aromatic N) is 4. The fourth-order valence-corrected chi connectivity index (χ4v) is 5.33. The summed E-state index contributed by atoms with van der Waals surface area (Å²) in [5.41, 5.74) is 5.71. The molecule has 0 bridgehead atoms. The molecule has 3 heterocycles. The quantitative estimate of drug-likeness (QED) is 0.507. The van der Waals surface area contributed by atoms with Gasteiger partial charge in [0.1, 0.15) is 5.65 Å². The van der Waals surface area contributed by atoms with Crippen LogP contribution in [0.4, 0.5) is 0 Å². The Morgan fingerprint density at radius 2 is 1.90 bits per heavy atom. The van der Waals surface area contributed by atoms with E-state index in [0.29, 0.717) is 12.0 Å². The number of likely N-dealkylation sites (tertiary alicyclic amines) is 1. The van der Waals surface area contributed by atoms with E-state index in [0.717, 1.165) is 41.6 Å². The predicted octanol–water partition coefficient (Wildman–Crippen LogP) is 5.29. The van der Waals surface area contributed by atoms with Gasteiger partial charge in [0.05, 0.1) is 0 Å². The van der Waals surface area contributed by atoms with Crippen molar-refractivity contribution < 1.29 is 4.79 Å². The van der Waals surface area contributed by atoms with Crippen LogP contribution in [-0.4, -0.2) is 52.4 Å². The number of hydrogen-bond acceptors (Lipinski definition) is 3. The third-order valence-electron chi connectivity index (χ3n) is 6.78. The molecule has 1 aliphatic rings. The molecule has 1 amide bonds. The minimum Gasteiger partial charge on any atom is -0.345 e. The lowest BCUT2D eigenvalue weighted by Gasteiger charge is -2.37. The number of aromatic nitrogens is 2. The van der Waals surface area contributed by atoms with Crippen molar-refractivity contribution in [2.75, 3.05) is 27.2 Å². The number of halogens is 1. The van der Waals surface area contributed by atoms with Gasteiger partial charge in [0.2, 0.25) is 0 Å². The van der Waals surface area contributed by atoms with Gasteiger partial charge in [-0.05, 0) is 97.0 Å². The Morgan fingerprint density at radius 1 is 1.19 bits per heavy atom. The molecule has 2 aromatic heterocycles. The summed E-state index contributed by atoms with van der Waals surface area (Å²) in [6, 6.07) is 10.8. The van der Waals surface area contributed by atoms with E-state index in [9.17, 15) is 4.79 Å². The van der Waals surface area contributed by atoms with Crippen LogP contribution >= 0.6 is 15.9 Å². The van der Waals surface area contributed by atoms with Crippen molar-refractivity contribution >= 4 is 32.9 Å². The first-order valence-corrected chi connectivity index (χ1v) is 11.7. The van der Waals surface area contributed by atoms with Gasteiger partial charge in [-0.1, -0.05) is 6.07 Å². The van der Waals surface area contributed by atoms with Gasteiger partial charge in [-0.3, -0.25) is 9.69 Å². The van der Waals surface area contributed by atoms with Crippen molar-refractivity contribution in [3.8, 4) is 0 Å². The van der Waals surface area contributed by atoms with E-state index in [1.54, 1.807) is 19.0 Å². The van der Waals surface area contributed by atoms with Gasteiger partial charge in [0.25, 0.3) is 5.91 Å². The molecule has 1 atom stereocenters. The number of aryl methyl sites for hydroxylation is 2. The van der Waals surface area contributed by atoms with Crippen LogP contribution in [0.5, 0.6) is 0 Å². The second kappa shape index (κ2) is 8.75. The number of piperidine rings is 1. The van der Waals surface area contributed by atoms with Crippen LogP contribution in [0, 0.1) is 6.92 Å². The zero-order chi connectivity index (χ0) is 22.3. The number of carbonyl (C=O) groups excluding carboxylic acids is 1. The van der Waals surface area contributed by atoms with Crippen molar-refractivity contribution in [1.82, 2.24) is 19.4 Å². The number of hydrogen-bond donors (Lipinski definition) is 0. The first-order valence-electron chi connectivity index (χ1n) is 10.9. The van der Waals surface area contributed by atoms with Crippen molar-refractivity contribution in [3.05, 3.63) is 63.4 Å². The molecule has 0 spiro atoms. The summed E-state index contributed by atoms with van der Waals surface area (Å²) in [7, 11) is 5.71. The molecule has 164 valence electrons. The zero-order valence-electron chi connectivity index (χ0n) is 19.0. The minimum absolute atomic E-state index is 0.0642. The van der Waals surface area contributed by atoms with Crippen molar-refractivity contribution in [2.24, 2.45) is 7.05 Å². The molecular formula is C25H31BrN4O. The lowest BCUT2D eigenvalue weighted by Crippen LogP contribution is -2.35. The van der Waals surface area contributed by atoms with E-state index < -0.39 is 0 Å². The molecule has 3 aromatic rings. The van der Waals surface area contributed by atoms with E-state index in [2.05, 4.69) is 63.4 Å². The van der Waals surface area contributed by atoms with Crippen LogP contribution < -0.4 is 0 Å². The highest BCUT2D eigenvalue weighted by Gasteiger charge is 2.27. The maximum absolute atomic E-state index is 12.3. The molecule has 0 saturated carbocycles. The number of fused-ring (bicyclic) bond motifs is 1. The molecule has 1 unspecified atom stereocenters. The molecule has 5 nitrogen and oxygen atoms in total. The Morgan fingerprint density at radius 3 is 2.52 bits per heavy atom. The zero-order valence-corrected chi connectivity index (χ0v) is 20.6. The van der Waals surface area contributed by atoms with Gasteiger partial charge >= 0.3 is 0 Å². The summed E-state index contributed by atoms with van der Waals surface area (Å²) < 4.78 is 3.32. The third-order valence-corrected chi connectivity index (χ3v) is 7.47. The Balaban J connectivity index is 1.47. The topological polar surface area (TPSA) is 41.4 Å². The SMILES string of the molecule is Cc1cc(C(=O)N(C)C)ccc1C1CCN(C(C)c2cc3c(Br)ccnc3n2C)CC1. The number of amides is 1. The summed E-state index contributed by atoms with van der Waals surface area (Å²) in [5.74, 6) is 0.615. The van der Waals surface area contributed by atoms with Crippen LogP contribution in [0.15, 0.2) is 41.0 Å². The Bertz CT molecular complexity index is 1110. The molecule has 1 fully saturated rings. The third kappa shape index (κ3) is 4.15. The second-order valence-electron chi connectivity index (χ2n) is 8.92. The highest BCUT2D eigenvalue weighted by molar-refractivity contribution is 9.10. The monoisotopic (exact) mass is 482 g/mol. The lowest BCUT2D eigenvalue weighted by molar-refractivity contribution is 0.0827. The van der Waals surface area contributed by atoms with E-state index >= 15 is 0 Å². The molecule has 0 N–H and O–H groups in total. The number of rotatable bonds is 4. The molecule has 0 aliphatic carbocycles. The van der Waals surface area contributed by atoms with Gasteiger partial charge < -0.3 is 9.47 Å². The fraction of sp³-hybridized carbons (Fsp3) is 0.440. The van der Waals surface area contributed by atoms with Crippen molar-refractivity contribution in [1.29, 1.82) is 0 Å². The fourth-order valence-electron chi connectivity index (χ4n) is 4.92. The normalized spacial score (nSPS) is 16.6.